The van der Waals surface area contributed by atoms with Crippen molar-refractivity contribution in [3.63, 3.8) is 0 Å². The molecular formula is C12H15N5OS. The van der Waals surface area contributed by atoms with Crippen LogP contribution in [0.15, 0.2) is 24.5 Å². The van der Waals surface area contributed by atoms with Crippen LogP contribution in [-0.2, 0) is 0 Å². The zero-order valence-electron chi connectivity index (χ0n) is 11.0. The van der Waals surface area contributed by atoms with Gasteiger partial charge in [-0.2, -0.15) is 0 Å². The van der Waals surface area contributed by atoms with E-state index in [0.717, 1.165) is 0 Å². The maximum absolute atomic E-state index is 12.4. The van der Waals surface area contributed by atoms with Gasteiger partial charge in [-0.15, -0.1) is 0 Å². The molecule has 100 valence electrons. The molecule has 0 aliphatic carbocycles. The number of carbonyl (C=O) groups is 1. The molecule has 0 fully saturated rings. The van der Waals surface area contributed by atoms with Crippen LogP contribution >= 0.6 is 11.3 Å². The first kappa shape index (κ1) is 13.3. The SMILES string of the molecule is CN(C)c1nc(N)c(C(=O)N(C)c2cccnc2)s1. The van der Waals surface area contributed by atoms with Gasteiger partial charge < -0.3 is 15.5 Å². The van der Waals surface area contributed by atoms with E-state index in [1.54, 1.807) is 25.5 Å². The van der Waals surface area contributed by atoms with Crippen LogP contribution in [-0.4, -0.2) is 37.0 Å². The number of thiazole rings is 1. The summed E-state index contributed by atoms with van der Waals surface area (Å²) in [5, 5.41) is 0.709. The third-order valence-electron chi connectivity index (χ3n) is 2.56. The summed E-state index contributed by atoms with van der Waals surface area (Å²) in [6.45, 7) is 0. The van der Waals surface area contributed by atoms with Crippen LogP contribution in [0.2, 0.25) is 0 Å². The fourth-order valence-corrected chi connectivity index (χ4v) is 2.37. The third-order valence-corrected chi connectivity index (χ3v) is 3.78. The molecule has 2 N–H and O–H groups in total. The van der Waals surface area contributed by atoms with Crippen LogP contribution in [0.3, 0.4) is 0 Å². The quantitative estimate of drug-likeness (QED) is 0.919. The van der Waals surface area contributed by atoms with Gasteiger partial charge in [0.05, 0.1) is 11.9 Å². The number of rotatable bonds is 3. The highest BCUT2D eigenvalue weighted by molar-refractivity contribution is 7.18. The summed E-state index contributed by atoms with van der Waals surface area (Å²) in [4.78, 5) is 24.3. The molecule has 0 radical (unpaired) electrons. The molecule has 2 heterocycles. The van der Waals surface area contributed by atoms with Crippen LogP contribution in [0.25, 0.3) is 0 Å². The molecule has 0 aromatic carbocycles. The molecule has 0 saturated carbocycles. The van der Waals surface area contributed by atoms with Crippen LogP contribution < -0.4 is 15.5 Å². The lowest BCUT2D eigenvalue weighted by atomic mass is 10.3. The van der Waals surface area contributed by atoms with Gasteiger partial charge in [-0.1, -0.05) is 11.3 Å². The van der Waals surface area contributed by atoms with Gasteiger partial charge >= 0.3 is 0 Å². The van der Waals surface area contributed by atoms with Crippen LogP contribution in [0, 0.1) is 0 Å². The lowest BCUT2D eigenvalue weighted by Gasteiger charge is -2.15. The second-order valence-electron chi connectivity index (χ2n) is 4.18. The first-order valence-electron chi connectivity index (χ1n) is 5.62. The molecule has 0 unspecified atom stereocenters. The zero-order valence-corrected chi connectivity index (χ0v) is 11.8. The van der Waals surface area contributed by atoms with E-state index in [2.05, 4.69) is 9.97 Å². The van der Waals surface area contributed by atoms with E-state index < -0.39 is 0 Å². The summed E-state index contributed by atoms with van der Waals surface area (Å²) in [5.41, 5.74) is 6.52. The first-order valence-corrected chi connectivity index (χ1v) is 6.44. The number of nitrogens with two attached hydrogens (primary N) is 1. The maximum atomic E-state index is 12.4. The van der Waals surface area contributed by atoms with Crippen molar-refractivity contribution in [2.75, 3.05) is 36.7 Å². The fraction of sp³-hybridized carbons (Fsp3) is 0.250. The second kappa shape index (κ2) is 5.23. The zero-order chi connectivity index (χ0) is 14.0. The summed E-state index contributed by atoms with van der Waals surface area (Å²) in [5.74, 6) is 0.0746. The minimum Gasteiger partial charge on any atom is -0.382 e. The number of amides is 1. The lowest BCUT2D eigenvalue weighted by molar-refractivity contribution is 0.0997. The highest BCUT2D eigenvalue weighted by Crippen LogP contribution is 2.28. The van der Waals surface area contributed by atoms with Crippen LogP contribution in [0.4, 0.5) is 16.6 Å². The van der Waals surface area contributed by atoms with Gasteiger partial charge in [0, 0.05) is 27.3 Å². The Morgan fingerprint density at radius 1 is 1.37 bits per heavy atom. The largest absolute Gasteiger partial charge is 0.382 e. The summed E-state index contributed by atoms with van der Waals surface area (Å²) >= 11 is 1.28. The molecule has 0 aliphatic rings. The molecule has 6 nitrogen and oxygen atoms in total. The highest BCUT2D eigenvalue weighted by atomic mass is 32.1. The lowest BCUT2D eigenvalue weighted by Crippen LogP contribution is -2.26. The first-order chi connectivity index (χ1) is 9.00. The molecule has 1 amide bonds. The Morgan fingerprint density at radius 3 is 2.63 bits per heavy atom. The van der Waals surface area contributed by atoms with Crippen LogP contribution in [0.1, 0.15) is 9.67 Å². The molecule has 0 saturated heterocycles. The molecule has 2 aromatic rings. The van der Waals surface area contributed by atoms with E-state index in [9.17, 15) is 4.79 Å². The number of nitrogen functional groups attached to an aromatic ring is 1. The Balaban J connectivity index is 2.29. The Morgan fingerprint density at radius 2 is 2.11 bits per heavy atom. The highest BCUT2D eigenvalue weighted by Gasteiger charge is 2.21. The topological polar surface area (TPSA) is 75.4 Å². The number of aromatic nitrogens is 2. The number of carbonyl (C=O) groups excluding carboxylic acids is 1. The van der Waals surface area contributed by atoms with Gasteiger partial charge in [0.15, 0.2) is 5.13 Å². The monoisotopic (exact) mass is 277 g/mol. The maximum Gasteiger partial charge on any atom is 0.272 e. The van der Waals surface area contributed by atoms with Crippen molar-refractivity contribution >= 4 is 33.9 Å². The van der Waals surface area contributed by atoms with Crippen molar-refractivity contribution in [1.29, 1.82) is 0 Å². The standard InChI is InChI=1S/C12H15N5OS/c1-16(2)12-15-10(13)9(19-12)11(18)17(3)8-5-4-6-14-7-8/h4-7H,13H2,1-3H3. The van der Waals surface area contributed by atoms with Gasteiger partial charge in [0.25, 0.3) is 5.91 Å². The molecule has 0 spiro atoms. The summed E-state index contributed by atoms with van der Waals surface area (Å²) in [6, 6.07) is 3.59. The Hall–Kier alpha value is -2.15. The van der Waals surface area contributed by atoms with Gasteiger partial charge in [0.2, 0.25) is 0 Å². The molecule has 0 bridgehead atoms. The Bertz CT molecular complexity index is 581. The van der Waals surface area contributed by atoms with E-state index in [-0.39, 0.29) is 11.7 Å². The van der Waals surface area contributed by atoms with Crippen molar-refractivity contribution in [1.82, 2.24) is 9.97 Å². The predicted octanol–water partition coefficient (Wildman–Crippen LogP) is 1.46. The minimum atomic E-state index is -0.184. The molecule has 2 aromatic heterocycles. The van der Waals surface area contributed by atoms with E-state index in [1.165, 1.54) is 16.2 Å². The molecular weight excluding hydrogens is 262 g/mol. The Kier molecular flexibility index (Phi) is 3.66. The average Bonchev–Trinajstić information content (AvgIpc) is 2.80. The summed E-state index contributed by atoms with van der Waals surface area (Å²) in [7, 11) is 5.41. The van der Waals surface area contributed by atoms with Crippen molar-refractivity contribution in [3.05, 3.63) is 29.4 Å². The van der Waals surface area contributed by atoms with Gasteiger partial charge in [-0.05, 0) is 12.1 Å². The molecule has 19 heavy (non-hydrogen) atoms. The van der Waals surface area contributed by atoms with Gasteiger partial charge in [-0.25, -0.2) is 4.98 Å². The third kappa shape index (κ3) is 2.65. The Labute approximate surface area is 115 Å². The van der Waals surface area contributed by atoms with Crippen molar-refractivity contribution in [3.8, 4) is 0 Å². The summed E-state index contributed by atoms with van der Waals surface area (Å²) in [6.07, 6.45) is 3.29. The molecule has 0 aliphatic heterocycles. The van der Waals surface area contributed by atoms with Crippen molar-refractivity contribution < 1.29 is 4.79 Å². The van der Waals surface area contributed by atoms with E-state index in [0.29, 0.717) is 15.7 Å². The van der Waals surface area contributed by atoms with E-state index >= 15 is 0 Å². The average molecular weight is 277 g/mol. The number of anilines is 3. The van der Waals surface area contributed by atoms with E-state index in [1.807, 2.05) is 25.1 Å². The molecule has 0 atom stereocenters. The normalized spacial score (nSPS) is 10.3. The van der Waals surface area contributed by atoms with Crippen LogP contribution in [0.5, 0.6) is 0 Å². The smallest absolute Gasteiger partial charge is 0.272 e. The molecule has 2 rings (SSSR count). The molecule has 7 heteroatoms. The number of nitrogens with zero attached hydrogens (tertiary/aromatic N) is 4. The number of pyridine rings is 1. The fourth-order valence-electron chi connectivity index (χ4n) is 1.49. The minimum absolute atomic E-state index is 0.184. The predicted molar refractivity (Wildman–Crippen MR) is 77.8 cm³/mol. The second-order valence-corrected chi connectivity index (χ2v) is 5.16. The van der Waals surface area contributed by atoms with E-state index in [4.69, 9.17) is 5.73 Å². The van der Waals surface area contributed by atoms with Gasteiger partial charge in [-0.3, -0.25) is 9.78 Å². The van der Waals surface area contributed by atoms with Crippen molar-refractivity contribution in [2.45, 2.75) is 0 Å². The van der Waals surface area contributed by atoms with Gasteiger partial charge in [0.1, 0.15) is 10.7 Å². The summed E-state index contributed by atoms with van der Waals surface area (Å²) < 4.78 is 0. The number of hydrogen-bond donors (Lipinski definition) is 1. The van der Waals surface area contributed by atoms with Crippen molar-refractivity contribution in [2.24, 2.45) is 0 Å². The number of hydrogen-bond acceptors (Lipinski definition) is 6.